The van der Waals surface area contributed by atoms with Gasteiger partial charge in [0.1, 0.15) is 17.6 Å². The van der Waals surface area contributed by atoms with Crippen molar-refractivity contribution >= 4 is 28.9 Å². The fourth-order valence-electron chi connectivity index (χ4n) is 4.38. The first-order chi connectivity index (χ1) is 15.5. The molecule has 0 radical (unpaired) electrons. The Kier molecular flexibility index (Phi) is 5.96. The molecule has 0 amide bonds. The average Bonchev–Trinajstić information content (AvgIpc) is 3.16. The lowest BCUT2D eigenvalue weighted by atomic mass is 10.1. The second-order valence-electron chi connectivity index (χ2n) is 8.68. The lowest BCUT2D eigenvalue weighted by Gasteiger charge is -2.39. The van der Waals surface area contributed by atoms with E-state index in [0.717, 1.165) is 48.0 Å². The number of anilines is 2. The highest BCUT2D eigenvalue weighted by Gasteiger charge is 2.38. The van der Waals surface area contributed by atoms with Crippen molar-refractivity contribution in [2.45, 2.75) is 43.2 Å². The highest BCUT2D eigenvalue weighted by Crippen LogP contribution is 2.36. The molecule has 0 bridgehead atoms. The molecule has 2 saturated heterocycles. The topological polar surface area (TPSA) is 90.9 Å². The van der Waals surface area contributed by atoms with E-state index < -0.39 is 11.2 Å². The smallest absolute Gasteiger partial charge is 0.338 e. The number of fused-ring (bicyclic) bond motifs is 1. The number of aromatic nitrogens is 2. The van der Waals surface area contributed by atoms with E-state index in [1.54, 1.807) is 12.1 Å². The molecule has 0 N–H and O–H groups in total. The predicted octanol–water partition coefficient (Wildman–Crippen LogP) is 2.11. The third kappa shape index (κ3) is 4.16. The molecular formula is C23H28N4O4S. The van der Waals surface area contributed by atoms with Crippen LogP contribution in [0.2, 0.25) is 0 Å². The van der Waals surface area contributed by atoms with Gasteiger partial charge in [-0.25, -0.2) is 9.78 Å². The first kappa shape index (κ1) is 21.5. The molecule has 2 fully saturated rings. The Bertz CT molecular complexity index is 990. The minimum atomic E-state index is -1.06. The third-order valence-corrected chi connectivity index (χ3v) is 7.87. The zero-order valence-corrected chi connectivity index (χ0v) is 19.3. The molecule has 3 aliphatic heterocycles. The van der Waals surface area contributed by atoms with Crippen molar-refractivity contribution in [3.05, 3.63) is 41.1 Å². The number of benzene rings is 1. The zero-order valence-electron chi connectivity index (χ0n) is 18.5. The van der Waals surface area contributed by atoms with Crippen LogP contribution < -0.4 is 9.80 Å². The molecule has 1 aromatic heterocycles. The van der Waals surface area contributed by atoms with Crippen LogP contribution in [0.15, 0.2) is 29.2 Å². The number of carbonyl (C=O) groups excluding carboxylic acids is 1. The van der Waals surface area contributed by atoms with E-state index >= 15 is 0 Å². The molecule has 8 nitrogen and oxygen atoms in total. The molecule has 32 heavy (non-hydrogen) atoms. The maximum absolute atomic E-state index is 12.7. The lowest BCUT2D eigenvalue weighted by Crippen LogP contribution is -2.54. The number of aryl methyl sites for hydroxylation is 2. The van der Waals surface area contributed by atoms with Crippen LogP contribution in [-0.2, 0) is 27.1 Å². The fraction of sp³-hybridized carbons (Fsp3) is 0.522. The summed E-state index contributed by atoms with van der Waals surface area (Å²) >= 11 is -1.06. The van der Waals surface area contributed by atoms with Gasteiger partial charge in [-0.2, -0.15) is 4.98 Å². The third-order valence-electron chi connectivity index (χ3n) is 6.42. The van der Waals surface area contributed by atoms with Crippen LogP contribution in [0.1, 0.15) is 34.5 Å². The Morgan fingerprint density at radius 3 is 2.66 bits per heavy atom. The molecule has 1 aromatic carbocycles. The Labute approximate surface area is 191 Å². The maximum atomic E-state index is 12.7. The summed E-state index contributed by atoms with van der Waals surface area (Å²) in [5.74, 6) is 1.69. The standard InChI is InChI=1S/C23H28N4O4S/c1-15-3-5-16(6-4-15)22(28)31-18-13-27(14-18)23-24-19-9-12-32(29)20(19)21(25-23)26(2)17-7-10-30-11-8-17/h3-6,17-18H,7-14H2,1-2H3/t32-/m1/s1. The Morgan fingerprint density at radius 2 is 1.94 bits per heavy atom. The Morgan fingerprint density at radius 1 is 1.22 bits per heavy atom. The number of ether oxygens (including phenoxy) is 2. The van der Waals surface area contributed by atoms with Crippen molar-refractivity contribution in [1.29, 1.82) is 0 Å². The van der Waals surface area contributed by atoms with Crippen molar-refractivity contribution in [2.24, 2.45) is 0 Å². The summed E-state index contributed by atoms with van der Waals surface area (Å²) in [4.78, 5) is 26.9. The first-order valence-electron chi connectivity index (χ1n) is 11.1. The largest absolute Gasteiger partial charge is 0.611 e. The molecule has 3 aliphatic rings. The van der Waals surface area contributed by atoms with Gasteiger partial charge in [-0.05, 0) is 43.1 Å². The van der Waals surface area contributed by atoms with E-state index in [0.29, 0.717) is 42.8 Å². The van der Waals surface area contributed by atoms with E-state index in [-0.39, 0.29) is 12.1 Å². The van der Waals surface area contributed by atoms with Gasteiger partial charge in [0.15, 0.2) is 5.82 Å². The summed E-state index contributed by atoms with van der Waals surface area (Å²) in [5.41, 5.74) is 2.54. The molecule has 5 rings (SSSR count). The van der Waals surface area contributed by atoms with E-state index in [2.05, 4.69) is 4.90 Å². The van der Waals surface area contributed by atoms with Gasteiger partial charge in [0, 0.05) is 32.7 Å². The van der Waals surface area contributed by atoms with Crippen LogP contribution in [0.4, 0.5) is 11.8 Å². The molecule has 1 atom stereocenters. The highest BCUT2D eigenvalue weighted by molar-refractivity contribution is 7.91. The van der Waals surface area contributed by atoms with Crippen LogP contribution in [0, 0.1) is 6.92 Å². The van der Waals surface area contributed by atoms with Gasteiger partial charge in [-0.15, -0.1) is 0 Å². The van der Waals surface area contributed by atoms with Gasteiger partial charge < -0.3 is 23.8 Å². The van der Waals surface area contributed by atoms with Crippen molar-refractivity contribution in [1.82, 2.24) is 9.97 Å². The fourth-order valence-corrected chi connectivity index (χ4v) is 5.76. The molecule has 0 saturated carbocycles. The summed E-state index contributed by atoms with van der Waals surface area (Å²) in [6.45, 7) is 4.56. The summed E-state index contributed by atoms with van der Waals surface area (Å²) in [5, 5.41) is 0. The van der Waals surface area contributed by atoms with Gasteiger partial charge in [-0.3, -0.25) is 0 Å². The minimum absolute atomic E-state index is 0.188. The first-order valence-corrected chi connectivity index (χ1v) is 12.4. The van der Waals surface area contributed by atoms with E-state index in [1.165, 1.54) is 0 Å². The molecular weight excluding hydrogens is 428 g/mol. The number of rotatable bonds is 5. The Balaban J connectivity index is 1.29. The van der Waals surface area contributed by atoms with E-state index in [9.17, 15) is 9.35 Å². The van der Waals surface area contributed by atoms with Crippen LogP contribution in [0.5, 0.6) is 0 Å². The molecule has 2 aromatic rings. The van der Waals surface area contributed by atoms with Crippen LogP contribution in [0.25, 0.3) is 0 Å². The molecule has 0 spiro atoms. The predicted molar refractivity (Wildman–Crippen MR) is 122 cm³/mol. The average molecular weight is 457 g/mol. The van der Waals surface area contributed by atoms with Crippen LogP contribution >= 0.6 is 0 Å². The number of esters is 1. The molecule has 4 heterocycles. The van der Waals surface area contributed by atoms with Crippen molar-refractivity contribution < 1.29 is 18.8 Å². The van der Waals surface area contributed by atoms with Gasteiger partial charge in [0.2, 0.25) is 10.8 Å². The minimum Gasteiger partial charge on any atom is -0.611 e. The monoisotopic (exact) mass is 456 g/mol. The van der Waals surface area contributed by atoms with Gasteiger partial charge >= 0.3 is 5.97 Å². The molecule has 9 heteroatoms. The summed E-state index contributed by atoms with van der Waals surface area (Å²) in [6, 6.07) is 7.70. The van der Waals surface area contributed by atoms with Crippen LogP contribution in [0.3, 0.4) is 0 Å². The maximum Gasteiger partial charge on any atom is 0.338 e. The summed E-state index contributed by atoms with van der Waals surface area (Å²) in [6.07, 6.45) is 2.37. The lowest BCUT2D eigenvalue weighted by molar-refractivity contribution is 0.0231. The Hall–Kier alpha value is -2.36. The van der Waals surface area contributed by atoms with Gasteiger partial charge in [-0.1, -0.05) is 17.7 Å². The quantitative estimate of drug-likeness (QED) is 0.499. The second-order valence-corrected chi connectivity index (χ2v) is 10.2. The molecule has 0 unspecified atom stereocenters. The molecule has 170 valence electrons. The summed E-state index contributed by atoms with van der Waals surface area (Å²) in [7, 11) is 2.03. The van der Waals surface area contributed by atoms with Gasteiger partial charge in [0.25, 0.3) is 0 Å². The number of nitrogens with zero attached hydrogens (tertiary/aromatic N) is 4. The zero-order chi connectivity index (χ0) is 22.2. The highest BCUT2D eigenvalue weighted by atomic mass is 32.2. The van der Waals surface area contributed by atoms with Crippen molar-refractivity contribution in [3.63, 3.8) is 0 Å². The number of hydrogen-bond acceptors (Lipinski definition) is 8. The van der Waals surface area contributed by atoms with Crippen molar-refractivity contribution in [2.75, 3.05) is 48.9 Å². The second kappa shape index (κ2) is 8.88. The molecule has 0 aliphatic carbocycles. The van der Waals surface area contributed by atoms with E-state index in [4.69, 9.17) is 19.4 Å². The number of hydrogen-bond donors (Lipinski definition) is 0. The van der Waals surface area contributed by atoms with Crippen LogP contribution in [-0.4, -0.2) is 71.7 Å². The summed E-state index contributed by atoms with van der Waals surface area (Å²) < 4.78 is 23.8. The van der Waals surface area contributed by atoms with Gasteiger partial charge in [0.05, 0.1) is 18.7 Å². The number of carbonyl (C=O) groups is 1. The van der Waals surface area contributed by atoms with Crippen molar-refractivity contribution in [3.8, 4) is 0 Å². The SMILES string of the molecule is Cc1ccc(C(=O)OC2CN(c3nc4c(c(N(C)C5CCOCC5)n3)[S@+]([O-])CC4)C2)cc1. The van der Waals surface area contributed by atoms with E-state index in [1.807, 2.05) is 31.0 Å². The normalized spacial score (nSPS) is 21.2.